The summed E-state index contributed by atoms with van der Waals surface area (Å²) >= 11 is 0. The second-order valence-electron chi connectivity index (χ2n) is 10.5. The summed E-state index contributed by atoms with van der Waals surface area (Å²) in [5.74, 6) is -1.36. The maximum atomic E-state index is 13.6. The first-order valence-electron chi connectivity index (χ1n) is 13.1. The number of ether oxygens (including phenoxy) is 1. The number of hydrogen-bond acceptors (Lipinski definition) is 5. The number of benzene rings is 3. The molecular weight excluding hydrogens is 592 g/mol. The fourth-order valence-electron chi connectivity index (χ4n) is 4.74. The summed E-state index contributed by atoms with van der Waals surface area (Å²) in [7, 11) is 0. The number of aliphatic carboxylic acids is 1. The minimum absolute atomic E-state index is 0.0684. The molecule has 0 aliphatic carbocycles. The Balaban J connectivity index is 1.63. The third-order valence-electron chi connectivity index (χ3n) is 7.17. The molecule has 3 aromatic carbocycles. The molecule has 4 aromatic rings. The summed E-state index contributed by atoms with van der Waals surface area (Å²) in [6.07, 6.45) is -7.00. The van der Waals surface area contributed by atoms with Gasteiger partial charge >= 0.3 is 18.5 Å². The number of aromatic nitrogens is 2. The van der Waals surface area contributed by atoms with Crippen LogP contribution in [0.2, 0.25) is 0 Å². The van der Waals surface area contributed by atoms with Gasteiger partial charge in [-0.2, -0.15) is 13.2 Å². The van der Waals surface area contributed by atoms with Crippen molar-refractivity contribution in [2.45, 2.75) is 38.7 Å². The standard InChI is InChI=1S/C30H25F6N5O3/c1-17-38-26(29(31,32)33)16-40(17)23-12-9-20(19-5-4-6-21(13-19)28(2,3)27(42)43)14-24(23)41-25(15-37-39-41)18-7-10-22(11-8-18)44-30(34,35)36/h4-16,37,39H,1-3H3,(H,42,43)/p+1. The number of hydrazine groups is 1. The number of rotatable bonds is 7. The highest BCUT2D eigenvalue weighted by Gasteiger charge is 2.36. The molecule has 44 heavy (non-hydrogen) atoms. The van der Waals surface area contributed by atoms with Gasteiger partial charge in [-0.1, -0.05) is 35.9 Å². The Labute approximate surface area is 247 Å². The zero-order chi connectivity index (χ0) is 32.0. The molecule has 230 valence electrons. The number of carboxylic acid groups (broad SMARTS) is 1. The summed E-state index contributed by atoms with van der Waals surface area (Å²) in [5.41, 5.74) is 5.85. The zero-order valence-corrected chi connectivity index (χ0v) is 23.5. The van der Waals surface area contributed by atoms with Crippen molar-refractivity contribution < 1.29 is 46.4 Å². The summed E-state index contributed by atoms with van der Waals surface area (Å²) in [5, 5.41) is 11.3. The monoisotopic (exact) mass is 618 g/mol. The molecule has 0 saturated heterocycles. The Hall–Kier alpha value is -4.82. The Morgan fingerprint density at radius 1 is 0.909 bits per heavy atom. The molecule has 2 heterocycles. The number of alkyl halides is 6. The first-order valence-corrected chi connectivity index (χ1v) is 13.1. The lowest BCUT2D eigenvalue weighted by molar-refractivity contribution is -0.640. The Morgan fingerprint density at radius 3 is 2.18 bits per heavy atom. The van der Waals surface area contributed by atoms with Gasteiger partial charge in [0.2, 0.25) is 0 Å². The van der Waals surface area contributed by atoms with Gasteiger partial charge in [-0.25, -0.2) is 15.4 Å². The number of halogens is 6. The van der Waals surface area contributed by atoms with Crippen LogP contribution < -0.4 is 20.7 Å². The van der Waals surface area contributed by atoms with E-state index in [1.54, 1.807) is 72.9 Å². The SMILES string of the molecule is Cc1nc(C(F)(F)F)cn1-c1ccc(-c2cccc(C(C)(C)C(=O)O)c2)cc1N1N[NH2+]C=C1c1ccc(OC(F)(F)F)cc1. The summed E-state index contributed by atoms with van der Waals surface area (Å²) in [6.45, 7) is 4.59. The van der Waals surface area contributed by atoms with Crippen molar-refractivity contribution in [2.75, 3.05) is 5.01 Å². The lowest BCUT2D eigenvalue weighted by atomic mass is 9.83. The third kappa shape index (κ3) is 6.12. The average molecular weight is 619 g/mol. The minimum Gasteiger partial charge on any atom is -0.481 e. The minimum atomic E-state index is -4.86. The second kappa shape index (κ2) is 11.0. The Kier molecular flexibility index (Phi) is 7.68. The molecule has 0 atom stereocenters. The molecule has 1 aliphatic rings. The van der Waals surface area contributed by atoms with Gasteiger partial charge in [0.05, 0.1) is 16.8 Å². The molecule has 0 radical (unpaired) electrons. The van der Waals surface area contributed by atoms with Gasteiger partial charge in [0.25, 0.3) is 0 Å². The number of nitrogens with one attached hydrogen (secondary N) is 1. The van der Waals surface area contributed by atoms with Crippen LogP contribution in [0.3, 0.4) is 0 Å². The van der Waals surface area contributed by atoms with Gasteiger partial charge in [-0.3, -0.25) is 4.79 Å². The van der Waals surface area contributed by atoms with Crippen LogP contribution in [-0.4, -0.2) is 27.0 Å². The number of carboxylic acids is 1. The van der Waals surface area contributed by atoms with Gasteiger partial charge in [-0.15, -0.1) is 13.2 Å². The number of imidazole rings is 1. The lowest BCUT2D eigenvalue weighted by Crippen LogP contribution is -2.87. The number of nitrogens with zero attached hydrogens (tertiary/aromatic N) is 3. The van der Waals surface area contributed by atoms with Crippen molar-refractivity contribution >= 4 is 17.4 Å². The van der Waals surface area contributed by atoms with E-state index in [9.17, 15) is 36.2 Å². The van der Waals surface area contributed by atoms with Gasteiger partial charge in [-0.05, 0) is 73.9 Å². The molecule has 5 rings (SSSR count). The van der Waals surface area contributed by atoms with E-state index < -0.39 is 35.4 Å². The molecule has 1 aliphatic heterocycles. The normalized spacial score (nSPS) is 14.1. The van der Waals surface area contributed by atoms with Crippen LogP contribution in [0.25, 0.3) is 22.5 Å². The van der Waals surface area contributed by atoms with Crippen molar-refractivity contribution in [1.82, 2.24) is 15.1 Å². The predicted molar refractivity (Wildman–Crippen MR) is 148 cm³/mol. The molecule has 4 N–H and O–H groups in total. The van der Waals surface area contributed by atoms with Gasteiger partial charge in [0.1, 0.15) is 23.5 Å². The molecule has 1 aromatic heterocycles. The smallest absolute Gasteiger partial charge is 0.481 e. The first-order chi connectivity index (χ1) is 20.5. The molecule has 0 spiro atoms. The van der Waals surface area contributed by atoms with E-state index in [2.05, 4.69) is 15.3 Å². The number of aryl methyl sites for hydroxylation is 1. The van der Waals surface area contributed by atoms with Crippen molar-refractivity contribution in [3.63, 3.8) is 0 Å². The van der Waals surface area contributed by atoms with Crippen molar-refractivity contribution in [3.8, 4) is 22.6 Å². The average Bonchev–Trinajstić information content (AvgIpc) is 3.59. The largest absolute Gasteiger partial charge is 0.573 e. The number of quaternary nitrogens is 1. The Bertz CT molecular complexity index is 1740. The van der Waals surface area contributed by atoms with Crippen LogP contribution in [0.15, 0.2) is 79.1 Å². The van der Waals surface area contributed by atoms with Crippen LogP contribution in [0.1, 0.15) is 36.5 Å². The van der Waals surface area contributed by atoms with E-state index in [0.29, 0.717) is 39.3 Å². The van der Waals surface area contributed by atoms with E-state index in [1.165, 1.54) is 23.6 Å². The van der Waals surface area contributed by atoms with Crippen LogP contribution in [0.4, 0.5) is 32.0 Å². The first kappa shape index (κ1) is 30.6. The molecule has 0 bridgehead atoms. The maximum absolute atomic E-state index is 13.6. The number of hydrogen-bond donors (Lipinski definition) is 3. The van der Waals surface area contributed by atoms with E-state index in [0.717, 1.165) is 18.3 Å². The molecule has 14 heteroatoms. The quantitative estimate of drug-likeness (QED) is 0.176. The van der Waals surface area contributed by atoms with Crippen LogP contribution in [0.5, 0.6) is 5.75 Å². The summed E-state index contributed by atoms with van der Waals surface area (Å²) < 4.78 is 84.0. The summed E-state index contributed by atoms with van der Waals surface area (Å²) in [6, 6.07) is 17.1. The molecule has 0 unspecified atom stereocenters. The van der Waals surface area contributed by atoms with Crippen molar-refractivity contribution in [1.29, 1.82) is 0 Å². The van der Waals surface area contributed by atoms with Crippen LogP contribution in [-0.2, 0) is 16.4 Å². The highest BCUT2D eigenvalue weighted by molar-refractivity contribution is 5.86. The fraction of sp³-hybridized carbons (Fsp3) is 0.200. The zero-order valence-electron chi connectivity index (χ0n) is 23.5. The van der Waals surface area contributed by atoms with Crippen molar-refractivity contribution in [3.05, 3.63) is 102 Å². The second-order valence-corrected chi connectivity index (χ2v) is 10.5. The van der Waals surface area contributed by atoms with Crippen molar-refractivity contribution in [2.24, 2.45) is 0 Å². The van der Waals surface area contributed by atoms with Gasteiger partial charge < -0.3 is 14.4 Å². The molecule has 0 fully saturated rings. The van der Waals surface area contributed by atoms with Gasteiger partial charge in [0, 0.05) is 11.8 Å². The van der Waals surface area contributed by atoms with Gasteiger partial charge in [0.15, 0.2) is 5.69 Å². The third-order valence-corrected chi connectivity index (χ3v) is 7.17. The number of nitrogens with two attached hydrogens (primary N) is 1. The van der Waals surface area contributed by atoms with Crippen LogP contribution in [0, 0.1) is 6.92 Å². The number of anilines is 1. The lowest BCUT2D eigenvalue weighted by Gasteiger charge is -2.24. The maximum Gasteiger partial charge on any atom is 0.573 e. The molecular formula is C30H26F6N5O3+. The predicted octanol–water partition coefficient (Wildman–Crippen LogP) is 5.93. The van der Waals surface area contributed by atoms with E-state index >= 15 is 0 Å². The highest BCUT2D eigenvalue weighted by Crippen LogP contribution is 2.38. The highest BCUT2D eigenvalue weighted by atomic mass is 19.4. The Morgan fingerprint density at radius 2 is 1.57 bits per heavy atom. The van der Waals surface area contributed by atoms with E-state index in [1.807, 2.05) is 0 Å². The topological polar surface area (TPSA) is 96.2 Å². The number of carbonyl (C=O) groups is 1. The molecule has 8 nitrogen and oxygen atoms in total. The molecule has 0 amide bonds. The van der Waals surface area contributed by atoms with E-state index in [-0.39, 0.29) is 5.82 Å². The summed E-state index contributed by atoms with van der Waals surface area (Å²) in [4.78, 5) is 15.6. The fourth-order valence-corrected chi connectivity index (χ4v) is 4.74. The molecule has 0 saturated carbocycles. The van der Waals surface area contributed by atoms with Crippen LogP contribution >= 0.6 is 0 Å². The van der Waals surface area contributed by atoms with E-state index in [4.69, 9.17) is 0 Å².